The topological polar surface area (TPSA) is 122 Å². The van der Waals surface area contributed by atoms with E-state index in [0.29, 0.717) is 21.2 Å². The number of halogens is 2. The van der Waals surface area contributed by atoms with Gasteiger partial charge in [-0.2, -0.15) is 5.10 Å². The monoisotopic (exact) mass is 475 g/mol. The minimum absolute atomic E-state index is 0.0909. The lowest BCUT2D eigenvalue weighted by atomic mass is 10.0. The number of aromatic nitrogens is 2. The Balaban J connectivity index is 1.82. The van der Waals surface area contributed by atoms with Crippen LogP contribution in [0.3, 0.4) is 0 Å². The van der Waals surface area contributed by atoms with Crippen LogP contribution in [0.2, 0.25) is 10.0 Å². The summed E-state index contributed by atoms with van der Waals surface area (Å²) in [5, 5.41) is 26.4. The van der Waals surface area contributed by atoms with Gasteiger partial charge in [0.15, 0.2) is 5.69 Å². The van der Waals surface area contributed by atoms with Gasteiger partial charge in [0.2, 0.25) is 0 Å². The number of hydrogen-bond acceptors (Lipinski definition) is 4. The van der Waals surface area contributed by atoms with Crippen molar-refractivity contribution < 1.29 is 24.6 Å². The molecule has 0 saturated carbocycles. The Bertz CT molecular complexity index is 1160. The van der Waals surface area contributed by atoms with Gasteiger partial charge in [-0.3, -0.25) is 14.3 Å². The lowest BCUT2D eigenvalue weighted by Gasteiger charge is -2.17. The third-order valence-electron chi connectivity index (χ3n) is 4.63. The molecule has 0 saturated heterocycles. The molecule has 1 atom stereocenters. The van der Waals surface area contributed by atoms with Gasteiger partial charge >= 0.3 is 11.9 Å². The van der Waals surface area contributed by atoms with Gasteiger partial charge < -0.3 is 15.5 Å². The summed E-state index contributed by atoms with van der Waals surface area (Å²) in [7, 11) is 0. The van der Waals surface area contributed by atoms with Crippen LogP contribution in [-0.4, -0.2) is 43.9 Å². The zero-order valence-corrected chi connectivity index (χ0v) is 18.2. The van der Waals surface area contributed by atoms with Crippen molar-refractivity contribution in [1.29, 1.82) is 0 Å². The first kappa shape index (κ1) is 23.3. The summed E-state index contributed by atoms with van der Waals surface area (Å²) < 4.78 is 1.18. The first-order valence-corrected chi connectivity index (χ1v) is 10.3. The molecule has 3 N–H and O–H groups in total. The fourth-order valence-corrected chi connectivity index (χ4v) is 3.63. The highest BCUT2D eigenvalue weighted by Gasteiger charge is 2.23. The van der Waals surface area contributed by atoms with E-state index < -0.39 is 23.9 Å². The molecule has 0 fully saturated rings. The predicted octanol–water partition coefficient (Wildman–Crippen LogP) is 3.75. The quantitative estimate of drug-likeness (QED) is 0.433. The van der Waals surface area contributed by atoms with Crippen LogP contribution >= 0.6 is 23.2 Å². The van der Waals surface area contributed by atoms with Crippen LogP contribution < -0.4 is 5.32 Å². The van der Waals surface area contributed by atoms with Crippen LogP contribution in [0.1, 0.15) is 38.5 Å². The highest BCUT2D eigenvalue weighted by molar-refractivity contribution is 6.31. The number of carboxylic acids is 2. The molecule has 2 aromatic carbocycles. The lowest BCUT2D eigenvalue weighted by molar-refractivity contribution is -0.137. The molecule has 0 aliphatic carbocycles. The Hall–Kier alpha value is -3.36. The third kappa shape index (κ3) is 6.09. The molecule has 3 rings (SSSR count). The summed E-state index contributed by atoms with van der Waals surface area (Å²) >= 11 is 12.1. The number of carbonyl (C=O) groups excluding carboxylic acids is 1. The average molecular weight is 476 g/mol. The van der Waals surface area contributed by atoms with E-state index >= 15 is 0 Å². The molecule has 8 nitrogen and oxygen atoms in total. The van der Waals surface area contributed by atoms with E-state index in [9.17, 15) is 24.6 Å². The number of carbonyl (C=O) groups is 3. The van der Waals surface area contributed by atoms with E-state index in [2.05, 4.69) is 10.4 Å². The van der Waals surface area contributed by atoms with Gasteiger partial charge in [0.05, 0.1) is 13.0 Å². The molecule has 1 aromatic heterocycles. The molecule has 0 aliphatic heterocycles. The zero-order chi connectivity index (χ0) is 23.3. The Labute approximate surface area is 193 Å². The summed E-state index contributed by atoms with van der Waals surface area (Å²) in [6.07, 6.45) is -0.154. The summed E-state index contributed by atoms with van der Waals surface area (Å²) in [5.41, 5.74) is 1.06. The highest BCUT2D eigenvalue weighted by Crippen LogP contribution is 2.18. The number of hydrogen-bond donors (Lipinski definition) is 3. The molecule has 1 heterocycles. The van der Waals surface area contributed by atoms with Gasteiger partial charge in [0, 0.05) is 22.2 Å². The normalized spacial score (nSPS) is 11.7. The van der Waals surface area contributed by atoms with Crippen molar-refractivity contribution in [3.05, 3.63) is 87.2 Å². The number of rotatable bonds is 9. The third-order valence-corrected chi connectivity index (χ3v) is 5.24. The molecule has 0 radical (unpaired) electrons. The Morgan fingerprint density at radius 3 is 2.44 bits per heavy atom. The molecule has 0 bridgehead atoms. The summed E-state index contributed by atoms with van der Waals surface area (Å²) in [6, 6.07) is 14.1. The number of amides is 1. The zero-order valence-electron chi connectivity index (χ0n) is 16.7. The minimum Gasteiger partial charge on any atom is -0.481 e. The molecule has 1 unspecified atom stereocenters. The molecular weight excluding hydrogens is 457 g/mol. The number of benzene rings is 2. The lowest BCUT2D eigenvalue weighted by Crippen LogP contribution is -2.38. The van der Waals surface area contributed by atoms with E-state index in [4.69, 9.17) is 23.2 Å². The molecule has 0 spiro atoms. The highest BCUT2D eigenvalue weighted by atomic mass is 35.5. The molecule has 1 amide bonds. The van der Waals surface area contributed by atoms with Crippen molar-refractivity contribution in [3.8, 4) is 0 Å². The summed E-state index contributed by atoms with van der Waals surface area (Å²) in [5.74, 6) is -3.03. The van der Waals surface area contributed by atoms with E-state index in [-0.39, 0.29) is 30.8 Å². The van der Waals surface area contributed by atoms with Crippen LogP contribution in [-0.2, 0) is 17.8 Å². The predicted molar refractivity (Wildman–Crippen MR) is 118 cm³/mol. The number of carboxylic acid groups (broad SMARTS) is 2. The van der Waals surface area contributed by atoms with Crippen molar-refractivity contribution in [1.82, 2.24) is 15.1 Å². The molecule has 32 heavy (non-hydrogen) atoms. The smallest absolute Gasteiger partial charge is 0.354 e. The summed E-state index contributed by atoms with van der Waals surface area (Å²) in [4.78, 5) is 35.7. The second kappa shape index (κ2) is 10.3. The van der Waals surface area contributed by atoms with Crippen molar-refractivity contribution >= 4 is 41.0 Å². The van der Waals surface area contributed by atoms with Crippen LogP contribution in [0.5, 0.6) is 0 Å². The van der Waals surface area contributed by atoms with E-state index in [0.717, 1.165) is 6.07 Å². The van der Waals surface area contributed by atoms with Crippen molar-refractivity contribution in [2.75, 3.05) is 0 Å². The molecule has 166 valence electrons. The van der Waals surface area contributed by atoms with Gasteiger partial charge in [0.25, 0.3) is 5.91 Å². The van der Waals surface area contributed by atoms with Gasteiger partial charge in [-0.15, -0.1) is 0 Å². The van der Waals surface area contributed by atoms with Gasteiger partial charge in [-0.1, -0.05) is 53.5 Å². The largest absolute Gasteiger partial charge is 0.481 e. The second-order valence-electron chi connectivity index (χ2n) is 7.07. The van der Waals surface area contributed by atoms with Crippen LogP contribution in [0, 0.1) is 0 Å². The number of aliphatic carboxylic acids is 1. The Morgan fingerprint density at radius 1 is 1.03 bits per heavy atom. The Kier molecular flexibility index (Phi) is 7.50. The molecule has 0 aliphatic rings. The first-order valence-electron chi connectivity index (χ1n) is 9.54. The maximum atomic E-state index is 12.8. The maximum absolute atomic E-state index is 12.8. The minimum atomic E-state index is -1.25. The maximum Gasteiger partial charge on any atom is 0.354 e. The molecule has 10 heteroatoms. The van der Waals surface area contributed by atoms with Crippen molar-refractivity contribution in [2.45, 2.75) is 25.4 Å². The van der Waals surface area contributed by atoms with Crippen molar-refractivity contribution in [2.24, 2.45) is 0 Å². The molecular formula is C22H19Cl2N3O5. The second-order valence-corrected chi connectivity index (χ2v) is 7.91. The van der Waals surface area contributed by atoms with Crippen molar-refractivity contribution in [3.63, 3.8) is 0 Å². The summed E-state index contributed by atoms with van der Waals surface area (Å²) in [6.45, 7) is 0.0909. The number of nitrogens with zero attached hydrogens (tertiary/aromatic N) is 2. The van der Waals surface area contributed by atoms with E-state index in [1.165, 1.54) is 4.68 Å². The Morgan fingerprint density at radius 2 is 1.78 bits per heavy atom. The fraction of sp³-hybridized carbons (Fsp3) is 0.182. The number of aromatic carboxylic acids is 1. The van der Waals surface area contributed by atoms with Crippen LogP contribution in [0.15, 0.2) is 54.6 Å². The van der Waals surface area contributed by atoms with Gasteiger partial charge in [-0.05, 0) is 35.7 Å². The standard InChI is InChI=1S/C22H19Cl2N3O5/c23-15-6-3-4-13(8-15)12-27-19(22(31)32)11-18(26-27)21(30)25-16(10-20(28)29)9-14-5-1-2-7-17(14)24/h1-8,11,16H,9-10,12H2,(H,25,30)(H,28,29)(H,31,32). The fourth-order valence-electron chi connectivity index (χ4n) is 3.20. The average Bonchev–Trinajstić information content (AvgIpc) is 3.13. The molecule has 3 aromatic rings. The number of nitrogens with one attached hydrogen (secondary N) is 1. The van der Waals surface area contributed by atoms with Gasteiger partial charge in [0.1, 0.15) is 5.69 Å². The van der Waals surface area contributed by atoms with Crippen LogP contribution in [0.25, 0.3) is 0 Å². The SMILES string of the molecule is O=C(O)CC(Cc1ccccc1Cl)NC(=O)c1cc(C(=O)O)n(Cc2cccc(Cl)c2)n1. The van der Waals surface area contributed by atoms with E-state index in [1.807, 2.05) is 0 Å². The van der Waals surface area contributed by atoms with Crippen LogP contribution in [0.4, 0.5) is 0 Å². The van der Waals surface area contributed by atoms with E-state index in [1.54, 1.807) is 48.5 Å². The van der Waals surface area contributed by atoms with Gasteiger partial charge in [-0.25, -0.2) is 4.79 Å². The first-order chi connectivity index (χ1) is 15.2.